The van der Waals surface area contributed by atoms with Gasteiger partial charge in [-0.2, -0.15) is 0 Å². The van der Waals surface area contributed by atoms with Crippen LogP contribution in [0, 0.1) is 11.6 Å². The van der Waals surface area contributed by atoms with Gasteiger partial charge in [0.2, 0.25) is 0 Å². The molecule has 0 aliphatic heterocycles. The zero-order chi connectivity index (χ0) is 14.7. The van der Waals surface area contributed by atoms with Crippen LogP contribution in [0.1, 0.15) is 17.2 Å². The first-order valence-corrected chi connectivity index (χ1v) is 6.83. The Hall–Kier alpha value is -1.16. The molecule has 2 rings (SSSR count). The molecule has 0 fully saturated rings. The lowest BCUT2D eigenvalue weighted by molar-refractivity contribution is 0.521. The number of hydrogen-bond donors (Lipinski definition) is 1. The molecular formula is C15H13Cl2F2N. The van der Waals surface area contributed by atoms with Gasteiger partial charge in [-0.1, -0.05) is 35.3 Å². The molecule has 2 aromatic carbocycles. The maximum absolute atomic E-state index is 13.8. The van der Waals surface area contributed by atoms with Crippen molar-refractivity contribution in [3.8, 4) is 0 Å². The van der Waals surface area contributed by atoms with Crippen molar-refractivity contribution < 1.29 is 8.78 Å². The second-order valence-electron chi connectivity index (χ2n) is 4.46. The monoisotopic (exact) mass is 315 g/mol. The highest BCUT2D eigenvalue weighted by molar-refractivity contribution is 6.42. The van der Waals surface area contributed by atoms with Crippen LogP contribution in [-0.4, -0.2) is 7.05 Å². The minimum Gasteiger partial charge on any atom is -0.313 e. The lowest BCUT2D eigenvalue weighted by atomic mass is 9.98. The first-order chi connectivity index (χ1) is 9.51. The molecule has 0 spiro atoms. The van der Waals surface area contributed by atoms with Crippen LogP contribution >= 0.6 is 23.2 Å². The van der Waals surface area contributed by atoms with Crippen molar-refractivity contribution in [2.75, 3.05) is 7.05 Å². The van der Waals surface area contributed by atoms with Crippen LogP contribution in [-0.2, 0) is 6.42 Å². The first kappa shape index (κ1) is 15.2. The van der Waals surface area contributed by atoms with Crippen LogP contribution < -0.4 is 5.32 Å². The molecule has 1 atom stereocenters. The van der Waals surface area contributed by atoms with Gasteiger partial charge in [-0.25, -0.2) is 8.78 Å². The molecule has 2 aromatic rings. The maximum Gasteiger partial charge on any atom is 0.130 e. The molecule has 0 amide bonds. The maximum atomic E-state index is 13.8. The zero-order valence-electron chi connectivity index (χ0n) is 10.8. The topological polar surface area (TPSA) is 12.0 Å². The summed E-state index contributed by atoms with van der Waals surface area (Å²) < 4.78 is 26.8. The molecule has 0 saturated heterocycles. The Balaban J connectivity index is 2.26. The SMILES string of the molecule is CNC(Cc1ccc(Cl)c(Cl)c1)c1ccc(F)cc1F. The number of rotatable bonds is 4. The van der Waals surface area contributed by atoms with Crippen LogP contribution in [0.2, 0.25) is 10.0 Å². The molecule has 0 bridgehead atoms. The lowest BCUT2D eigenvalue weighted by Crippen LogP contribution is -2.20. The van der Waals surface area contributed by atoms with E-state index in [4.69, 9.17) is 23.2 Å². The third-order valence-electron chi connectivity index (χ3n) is 3.11. The van der Waals surface area contributed by atoms with Crippen LogP contribution in [0.15, 0.2) is 36.4 Å². The van der Waals surface area contributed by atoms with Gasteiger partial charge in [-0.05, 0) is 37.2 Å². The highest BCUT2D eigenvalue weighted by Gasteiger charge is 2.15. The van der Waals surface area contributed by atoms with Gasteiger partial charge in [-0.3, -0.25) is 0 Å². The van der Waals surface area contributed by atoms with Crippen molar-refractivity contribution in [2.45, 2.75) is 12.5 Å². The van der Waals surface area contributed by atoms with Crippen molar-refractivity contribution in [2.24, 2.45) is 0 Å². The standard InChI is InChI=1S/C15H13Cl2F2N/c1-20-15(11-4-3-10(18)8-14(11)19)7-9-2-5-12(16)13(17)6-9/h2-6,8,15,20H,7H2,1H3. The minimum atomic E-state index is -0.587. The van der Waals surface area contributed by atoms with Crippen LogP contribution in [0.5, 0.6) is 0 Å². The van der Waals surface area contributed by atoms with E-state index in [2.05, 4.69) is 5.32 Å². The number of nitrogens with one attached hydrogen (secondary N) is 1. The highest BCUT2D eigenvalue weighted by atomic mass is 35.5. The fourth-order valence-electron chi connectivity index (χ4n) is 2.05. The molecule has 0 aliphatic carbocycles. The average Bonchev–Trinajstić information content (AvgIpc) is 2.41. The predicted molar refractivity (Wildman–Crippen MR) is 78.3 cm³/mol. The summed E-state index contributed by atoms with van der Waals surface area (Å²) in [5.74, 6) is -1.15. The van der Waals surface area contributed by atoms with E-state index in [1.807, 2.05) is 6.07 Å². The molecule has 0 radical (unpaired) electrons. The Morgan fingerprint density at radius 3 is 2.40 bits per heavy atom. The van der Waals surface area contributed by atoms with E-state index in [1.54, 1.807) is 19.2 Å². The van der Waals surface area contributed by atoms with Gasteiger partial charge in [0.15, 0.2) is 0 Å². The number of benzene rings is 2. The van der Waals surface area contributed by atoms with E-state index in [9.17, 15) is 8.78 Å². The molecular weight excluding hydrogens is 303 g/mol. The van der Waals surface area contributed by atoms with Gasteiger partial charge in [0, 0.05) is 17.7 Å². The van der Waals surface area contributed by atoms with Gasteiger partial charge in [0.1, 0.15) is 11.6 Å². The number of likely N-dealkylation sites (N-methyl/N-ethyl adjacent to an activating group) is 1. The van der Waals surface area contributed by atoms with E-state index in [0.29, 0.717) is 22.0 Å². The van der Waals surface area contributed by atoms with Crippen molar-refractivity contribution in [1.82, 2.24) is 5.32 Å². The van der Waals surface area contributed by atoms with E-state index in [-0.39, 0.29) is 6.04 Å². The van der Waals surface area contributed by atoms with Crippen LogP contribution in [0.25, 0.3) is 0 Å². The lowest BCUT2D eigenvalue weighted by Gasteiger charge is -2.18. The van der Waals surface area contributed by atoms with Crippen molar-refractivity contribution in [3.63, 3.8) is 0 Å². The Morgan fingerprint density at radius 2 is 1.80 bits per heavy atom. The van der Waals surface area contributed by atoms with Gasteiger partial charge in [0.05, 0.1) is 10.0 Å². The molecule has 20 heavy (non-hydrogen) atoms. The van der Waals surface area contributed by atoms with E-state index in [1.165, 1.54) is 12.1 Å². The molecule has 106 valence electrons. The molecule has 0 saturated carbocycles. The molecule has 1 N–H and O–H groups in total. The fraction of sp³-hybridized carbons (Fsp3) is 0.200. The van der Waals surface area contributed by atoms with Gasteiger partial charge in [0.25, 0.3) is 0 Å². The summed E-state index contributed by atoms with van der Waals surface area (Å²) in [6.07, 6.45) is 0.524. The normalized spacial score (nSPS) is 12.4. The molecule has 1 nitrogen and oxygen atoms in total. The van der Waals surface area contributed by atoms with Crippen molar-refractivity contribution in [1.29, 1.82) is 0 Å². The average molecular weight is 316 g/mol. The van der Waals surface area contributed by atoms with Gasteiger partial charge < -0.3 is 5.32 Å². The zero-order valence-corrected chi connectivity index (χ0v) is 12.3. The largest absolute Gasteiger partial charge is 0.313 e. The second-order valence-corrected chi connectivity index (χ2v) is 5.27. The Bertz CT molecular complexity index is 617. The van der Waals surface area contributed by atoms with Crippen LogP contribution in [0.4, 0.5) is 8.78 Å². The summed E-state index contributed by atoms with van der Waals surface area (Å²) in [6.45, 7) is 0. The third kappa shape index (κ3) is 3.48. The second kappa shape index (κ2) is 6.53. The summed E-state index contributed by atoms with van der Waals surface area (Å²) in [6, 6.07) is 8.59. The summed E-state index contributed by atoms with van der Waals surface area (Å²) in [4.78, 5) is 0. The van der Waals surface area contributed by atoms with Gasteiger partial charge >= 0.3 is 0 Å². The number of hydrogen-bond acceptors (Lipinski definition) is 1. The smallest absolute Gasteiger partial charge is 0.130 e. The van der Waals surface area contributed by atoms with E-state index >= 15 is 0 Å². The van der Waals surface area contributed by atoms with E-state index < -0.39 is 11.6 Å². The molecule has 0 heterocycles. The van der Waals surface area contributed by atoms with Gasteiger partial charge in [-0.15, -0.1) is 0 Å². The molecule has 0 aromatic heterocycles. The quantitative estimate of drug-likeness (QED) is 0.856. The van der Waals surface area contributed by atoms with E-state index in [0.717, 1.165) is 11.6 Å². The first-order valence-electron chi connectivity index (χ1n) is 6.07. The van der Waals surface area contributed by atoms with Crippen LogP contribution in [0.3, 0.4) is 0 Å². The summed E-state index contributed by atoms with van der Waals surface area (Å²) in [5, 5.41) is 3.96. The third-order valence-corrected chi connectivity index (χ3v) is 3.85. The van der Waals surface area contributed by atoms with Crippen molar-refractivity contribution in [3.05, 3.63) is 69.2 Å². The summed E-state index contributed by atoms with van der Waals surface area (Å²) in [5.41, 5.74) is 1.34. The Kier molecular flexibility index (Phi) is 4.97. The fourth-order valence-corrected chi connectivity index (χ4v) is 2.37. The highest BCUT2D eigenvalue weighted by Crippen LogP contribution is 2.26. The number of halogens is 4. The minimum absolute atomic E-state index is 0.271. The summed E-state index contributed by atoms with van der Waals surface area (Å²) in [7, 11) is 1.73. The Morgan fingerprint density at radius 1 is 1.05 bits per heavy atom. The predicted octanol–water partition coefficient (Wildman–Crippen LogP) is 4.77. The van der Waals surface area contributed by atoms with Crippen molar-refractivity contribution >= 4 is 23.2 Å². The summed E-state index contributed by atoms with van der Waals surface area (Å²) >= 11 is 11.8. The molecule has 0 aliphatic rings. The molecule has 1 unspecified atom stereocenters. The molecule has 5 heteroatoms. The Labute approximate surface area is 126 Å².